The maximum Gasteiger partial charge on any atom is 0.310 e. The van der Waals surface area contributed by atoms with E-state index in [2.05, 4.69) is 10.2 Å². The molecule has 0 fully saturated rings. The molecule has 0 amide bonds. The summed E-state index contributed by atoms with van der Waals surface area (Å²) in [5.74, 6) is 0. The number of rotatable bonds is 0. The molecule has 1 heterocycles. The van der Waals surface area contributed by atoms with Gasteiger partial charge in [-0.2, -0.15) is 0 Å². The zero-order chi connectivity index (χ0) is 7.84. The van der Waals surface area contributed by atoms with Crippen LogP contribution in [-0.2, 0) is 12.8 Å². The third-order valence-electron chi connectivity index (χ3n) is 2.03. The van der Waals surface area contributed by atoms with Crippen LogP contribution in [0.4, 0.5) is 0 Å². The van der Waals surface area contributed by atoms with Gasteiger partial charge in [0, 0.05) is 11.3 Å². The molecule has 4 nitrogen and oxygen atoms in total. The fourth-order valence-electron chi connectivity index (χ4n) is 1.46. The van der Waals surface area contributed by atoms with E-state index in [4.69, 9.17) is 0 Å². The van der Waals surface area contributed by atoms with Crippen molar-refractivity contribution in [1.29, 1.82) is 0 Å². The highest BCUT2D eigenvalue weighted by atomic mass is 16.2. The van der Waals surface area contributed by atoms with Gasteiger partial charge in [-0.3, -0.25) is 14.7 Å². The van der Waals surface area contributed by atoms with Crippen LogP contribution in [0, 0.1) is 0 Å². The second-order valence-electron chi connectivity index (χ2n) is 2.72. The summed E-state index contributed by atoms with van der Waals surface area (Å²) in [7, 11) is 0. The second-order valence-corrected chi connectivity index (χ2v) is 2.72. The maximum absolute atomic E-state index is 11.1. The minimum atomic E-state index is -0.536. The van der Waals surface area contributed by atoms with Crippen LogP contribution in [0.1, 0.15) is 17.7 Å². The summed E-state index contributed by atoms with van der Waals surface area (Å²) in [4.78, 5) is 21.9. The van der Waals surface area contributed by atoms with E-state index in [0.717, 1.165) is 25.0 Å². The zero-order valence-electron chi connectivity index (χ0n) is 5.94. The van der Waals surface area contributed by atoms with Crippen molar-refractivity contribution < 1.29 is 0 Å². The molecule has 2 N–H and O–H groups in total. The van der Waals surface area contributed by atoms with Crippen molar-refractivity contribution in [2.45, 2.75) is 19.3 Å². The molecule has 0 spiro atoms. The van der Waals surface area contributed by atoms with Gasteiger partial charge in [-0.25, -0.2) is 0 Å². The van der Waals surface area contributed by atoms with Crippen molar-refractivity contribution >= 4 is 0 Å². The molecular weight excluding hydrogens is 144 g/mol. The molecule has 11 heavy (non-hydrogen) atoms. The summed E-state index contributed by atoms with van der Waals surface area (Å²) in [6.45, 7) is 0. The fraction of sp³-hybridized carbons (Fsp3) is 0.429. The van der Waals surface area contributed by atoms with Crippen molar-refractivity contribution in [2.24, 2.45) is 0 Å². The molecule has 58 valence electrons. The lowest BCUT2D eigenvalue weighted by Crippen LogP contribution is -2.31. The number of hydrogen-bond acceptors (Lipinski definition) is 2. The Kier molecular flexibility index (Phi) is 1.21. The molecule has 4 heteroatoms. The third-order valence-corrected chi connectivity index (χ3v) is 2.03. The highest BCUT2D eigenvalue weighted by Crippen LogP contribution is 2.13. The Labute approximate surface area is 62.3 Å². The van der Waals surface area contributed by atoms with E-state index < -0.39 is 5.56 Å². The van der Waals surface area contributed by atoms with Gasteiger partial charge in [0.25, 0.3) is 0 Å². The molecule has 0 unspecified atom stereocenters. The Hall–Kier alpha value is -1.32. The first-order valence-corrected chi connectivity index (χ1v) is 3.62. The van der Waals surface area contributed by atoms with Crippen LogP contribution in [0.25, 0.3) is 0 Å². The van der Waals surface area contributed by atoms with Crippen LogP contribution in [0.2, 0.25) is 0 Å². The Morgan fingerprint density at radius 1 is 1.09 bits per heavy atom. The largest absolute Gasteiger partial charge is 0.310 e. The molecule has 1 aromatic heterocycles. The lowest BCUT2D eigenvalue weighted by atomic mass is 10.2. The molecule has 0 saturated carbocycles. The van der Waals surface area contributed by atoms with Crippen molar-refractivity contribution in [3.63, 3.8) is 0 Å². The van der Waals surface area contributed by atoms with Gasteiger partial charge in [0.05, 0.1) is 0 Å². The van der Waals surface area contributed by atoms with Crippen LogP contribution < -0.4 is 11.0 Å². The van der Waals surface area contributed by atoms with Crippen LogP contribution >= 0.6 is 0 Å². The summed E-state index contributed by atoms with van der Waals surface area (Å²) >= 11 is 0. The summed E-state index contributed by atoms with van der Waals surface area (Å²) in [5.41, 5.74) is 0.672. The summed E-state index contributed by atoms with van der Waals surface area (Å²) in [5, 5.41) is 5.03. The number of fused-ring (bicyclic) bond motifs is 1. The first kappa shape index (κ1) is 6.39. The van der Waals surface area contributed by atoms with Crippen molar-refractivity contribution in [2.75, 3.05) is 0 Å². The van der Waals surface area contributed by atoms with Crippen molar-refractivity contribution in [1.82, 2.24) is 10.2 Å². The molecule has 1 aliphatic carbocycles. The minimum absolute atomic E-state index is 0.365. The number of aryl methyl sites for hydroxylation is 1. The summed E-state index contributed by atoms with van der Waals surface area (Å²) in [6.07, 6.45) is 2.59. The Morgan fingerprint density at radius 2 is 1.91 bits per heavy atom. The number of aromatic amines is 2. The van der Waals surface area contributed by atoms with Gasteiger partial charge in [0.2, 0.25) is 5.43 Å². The molecular formula is C7H8N2O2. The number of hydrogen-bond donors (Lipinski definition) is 2. The van der Waals surface area contributed by atoms with Crippen LogP contribution in [0.15, 0.2) is 9.59 Å². The van der Waals surface area contributed by atoms with Gasteiger partial charge >= 0.3 is 5.56 Å². The van der Waals surface area contributed by atoms with Crippen molar-refractivity contribution in [3.05, 3.63) is 31.8 Å². The predicted molar refractivity (Wildman–Crippen MR) is 39.7 cm³/mol. The molecule has 1 aromatic rings. The van der Waals surface area contributed by atoms with Gasteiger partial charge in [-0.1, -0.05) is 0 Å². The quantitative estimate of drug-likeness (QED) is 0.494. The Balaban J connectivity index is 2.82. The average Bonchev–Trinajstić information content (AvgIpc) is 2.45. The first-order valence-electron chi connectivity index (χ1n) is 3.62. The molecule has 0 aliphatic heterocycles. The van der Waals surface area contributed by atoms with E-state index in [-0.39, 0.29) is 5.43 Å². The smallest absolute Gasteiger partial charge is 0.302 e. The van der Waals surface area contributed by atoms with Gasteiger partial charge in [-0.15, -0.1) is 0 Å². The zero-order valence-corrected chi connectivity index (χ0v) is 5.94. The minimum Gasteiger partial charge on any atom is -0.302 e. The number of aromatic nitrogens is 2. The molecule has 0 saturated heterocycles. The van der Waals surface area contributed by atoms with Crippen LogP contribution in [0.5, 0.6) is 0 Å². The van der Waals surface area contributed by atoms with Gasteiger partial charge in [0.15, 0.2) is 0 Å². The average molecular weight is 152 g/mol. The number of H-pyrrole nitrogens is 2. The molecule has 0 radical (unpaired) electrons. The SMILES string of the molecule is O=c1[nH][nH]c2c(c1=O)CCC2. The van der Waals surface area contributed by atoms with Crippen molar-refractivity contribution in [3.8, 4) is 0 Å². The van der Waals surface area contributed by atoms with E-state index >= 15 is 0 Å². The maximum atomic E-state index is 11.1. The molecule has 0 atom stereocenters. The molecule has 1 aliphatic rings. The van der Waals surface area contributed by atoms with Gasteiger partial charge in [-0.05, 0) is 19.3 Å². The topological polar surface area (TPSA) is 65.7 Å². The lowest BCUT2D eigenvalue weighted by Gasteiger charge is -1.93. The Morgan fingerprint density at radius 3 is 2.73 bits per heavy atom. The second kappa shape index (κ2) is 2.08. The fourth-order valence-corrected chi connectivity index (χ4v) is 1.46. The predicted octanol–water partition coefficient (Wildman–Crippen LogP) is -0.448. The van der Waals surface area contributed by atoms with Crippen LogP contribution in [-0.4, -0.2) is 10.2 Å². The lowest BCUT2D eigenvalue weighted by molar-refractivity contribution is 0.870. The van der Waals surface area contributed by atoms with E-state index in [1.807, 2.05) is 0 Å². The van der Waals surface area contributed by atoms with Crippen LogP contribution in [0.3, 0.4) is 0 Å². The standard InChI is InChI=1S/C7H8N2O2/c10-6-4-2-1-3-5(4)8-9-7(6)11/h1-3H2,(H,8,10)(H,9,11). The summed E-state index contributed by atoms with van der Waals surface area (Å²) in [6, 6.07) is 0. The third kappa shape index (κ3) is 0.824. The molecule has 0 bridgehead atoms. The van der Waals surface area contributed by atoms with Gasteiger partial charge < -0.3 is 5.10 Å². The first-order chi connectivity index (χ1) is 5.29. The van der Waals surface area contributed by atoms with Gasteiger partial charge in [0.1, 0.15) is 0 Å². The number of nitrogens with one attached hydrogen (secondary N) is 2. The highest BCUT2D eigenvalue weighted by molar-refractivity contribution is 5.22. The summed E-state index contributed by atoms with van der Waals surface area (Å²) < 4.78 is 0. The normalized spacial score (nSPS) is 14.9. The van der Waals surface area contributed by atoms with E-state index in [9.17, 15) is 9.59 Å². The molecule has 0 aromatic carbocycles. The van der Waals surface area contributed by atoms with E-state index in [1.165, 1.54) is 0 Å². The Bertz CT molecular complexity index is 388. The van der Waals surface area contributed by atoms with E-state index in [1.54, 1.807) is 0 Å². The van der Waals surface area contributed by atoms with E-state index in [0.29, 0.717) is 5.56 Å². The molecule has 2 rings (SSSR count). The highest BCUT2D eigenvalue weighted by Gasteiger charge is 2.15. The monoisotopic (exact) mass is 152 g/mol.